The Morgan fingerprint density at radius 2 is 1.60 bits per heavy atom. The highest BCUT2D eigenvalue weighted by atomic mass is 16.3. The fraction of sp³-hybridized carbons (Fsp3) is 0.769. The first kappa shape index (κ1) is 14.2. The molecule has 0 saturated heterocycles. The Kier molecular flexibility index (Phi) is 6.30. The first-order valence-corrected chi connectivity index (χ1v) is 5.93. The van der Waals surface area contributed by atoms with Crippen LogP contribution in [0.2, 0.25) is 0 Å². The maximum Gasteiger partial charge on any atom is 0.164 e. The van der Waals surface area contributed by atoms with Crippen LogP contribution in [0.5, 0.6) is 0 Å². The molecule has 0 aliphatic carbocycles. The van der Waals surface area contributed by atoms with E-state index >= 15 is 0 Å². The molecule has 0 fully saturated rings. The zero-order valence-electron chi connectivity index (χ0n) is 10.6. The van der Waals surface area contributed by atoms with Gasteiger partial charge in [-0.1, -0.05) is 27.7 Å². The molecule has 0 radical (unpaired) electrons. The minimum atomic E-state index is 0.0659. The predicted molar refractivity (Wildman–Crippen MR) is 63.9 cm³/mol. The molecule has 0 aromatic rings. The van der Waals surface area contributed by atoms with Crippen LogP contribution in [0.1, 0.15) is 53.9 Å². The molecule has 0 aromatic heterocycles. The summed E-state index contributed by atoms with van der Waals surface area (Å²) in [6, 6.07) is 0. The lowest BCUT2D eigenvalue weighted by Gasteiger charge is -2.15. The van der Waals surface area contributed by atoms with Crippen molar-refractivity contribution in [3.05, 3.63) is 11.3 Å². The molecule has 2 nitrogen and oxygen atoms in total. The topological polar surface area (TPSA) is 37.3 Å². The summed E-state index contributed by atoms with van der Waals surface area (Å²) in [5.74, 6) is 0.534. The Morgan fingerprint density at radius 1 is 1.13 bits per heavy atom. The zero-order valence-corrected chi connectivity index (χ0v) is 10.6. The van der Waals surface area contributed by atoms with E-state index < -0.39 is 0 Å². The van der Waals surface area contributed by atoms with Gasteiger partial charge in [-0.25, -0.2) is 0 Å². The molecule has 2 heteroatoms. The third kappa shape index (κ3) is 3.69. The van der Waals surface area contributed by atoms with Crippen LogP contribution in [0.4, 0.5) is 0 Å². The number of rotatable bonds is 6. The van der Waals surface area contributed by atoms with Gasteiger partial charge in [0, 0.05) is 17.4 Å². The van der Waals surface area contributed by atoms with Crippen molar-refractivity contribution in [2.24, 2.45) is 11.8 Å². The minimum absolute atomic E-state index is 0.0659. The molecule has 0 bridgehead atoms. The van der Waals surface area contributed by atoms with Crippen molar-refractivity contribution in [3.8, 4) is 0 Å². The summed E-state index contributed by atoms with van der Waals surface area (Å²) in [5, 5.41) is 9.86. The maximum absolute atomic E-state index is 11.9. The number of allylic oxidation sites excluding steroid dienone is 2. The standard InChI is InChI=1S/C13H24O2/c1-6-9(4)12(14)10(5)13(15)11(7-2)8-3/h9,11,14H,6-8H2,1-5H3/b12-10-. The molecule has 15 heavy (non-hydrogen) atoms. The summed E-state index contributed by atoms with van der Waals surface area (Å²) in [5.41, 5.74) is 0.554. The van der Waals surface area contributed by atoms with E-state index in [4.69, 9.17) is 0 Å². The Balaban J connectivity index is 4.81. The SMILES string of the molecule is CCC(CC)C(=O)/C(C)=C(\O)C(C)CC. The highest BCUT2D eigenvalue weighted by molar-refractivity contribution is 5.96. The van der Waals surface area contributed by atoms with Gasteiger partial charge in [0.1, 0.15) is 5.76 Å². The van der Waals surface area contributed by atoms with Crippen LogP contribution in [-0.2, 0) is 4.79 Å². The van der Waals surface area contributed by atoms with Crippen LogP contribution in [0, 0.1) is 11.8 Å². The van der Waals surface area contributed by atoms with Crippen molar-refractivity contribution in [1.29, 1.82) is 0 Å². The third-order valence-electron chi connectivity index (χ3n) is 3.19. The first-order valence-electron chi connectivity index (χ1n) is 5.93. The highest BCUT2D eigenvalue weighted by Gasteiger charge is 2.20. The predicted octanol–water partition coefficient (Wildman–Crippen LogP) is 3.87. The summed E-state index contributed by atoms with van der Waals surface area (Å²) in [6.45, 7) is 9.72. The Labute approximate surface area is 93.4 Å². The van der Waals surface area contributed by atoms with Crippen molar-refractivity contribution in [2.75, 3.05) is 0 Å². The zero-order chi connectivity index (χ0) is 12.0. The van der Waals surface area contributed by atoms with E-state index in [-0.39, 0.29) is 23.4 Å². The van der Waals surface area contributed by atoms with E-state index in [1.54, 1.807) is 6.92 Å². The minimum Gasteiger partial charge on any atom is -0.512 e. The number of hydrogen-bond donors (Lipinski definition) is 1. The number of hydrogen-bond acceptors (Lipinski definition) is 2. The average Bonchev–Trinajstić information content (AvgIpc) is 2.27. The number of aliphatic hydroxyl groups excluding tert-OH is 1. The molecule has 0 heterocycles. The van der Waals surface area contributed by atoms with Crippen LogP contribution in [-0.4, -0.2) is 10.9 Å². The second-order valence-electron chi connectivity index (χ2n) is 4.20. The summed E-state index contributed by atoms with van der Waals surface area (Å²) < 4.78 is 0. The summed E-state index contributed by atoms with van der Waals surface area (Å²) in [7, 11) is 0. The monoisotopic (exact) mass is 212 g/mol. The molecule has 0 rings (SSSR count). The van der Waals surface area contributed by atoms with Gasteiger partial charge in [-0.3, -0.25) is 4.79 Å². The Morgan fingerprint density at radius 3 is 1.93 bits per heavy atom. The van der Waals surface area contributed by atoms with Crippen LogP contribution in [0.3, 0.4) is 0 Å². The molecule has 1 unspecified atom stereocenters. The Bertz CT molecular complexity index is 237. The van der Waals surface area contributed by atoms with E-state index in [2.05, 4.69) is 0 Å². The van der Waals surface area contributed by atoms with Gasteiger partial charge >= 0.3 is 0 Å². The molecule has 0 aliphatic rings. The van der Waals surface area contributed by atoms with Gasteiger partial charge in [-0.2, -0.15) is 0 Å². The lowest BCUT2D eigenvalue weighted by Crippen LogP contribution is -2.17. The molecule has 1 N–H and O–H groups in total. The summed E-state index contributed by atoms with van der Waals surface area (Å²) in [4.78, 5) is 11.9. The van der Waals surface area contributed by atoms with E-state index in [0.29, 0.717) is 5.57 Å². The Hall–Kier alpha value is -0.790. The summed E-state index contributed by atoms with van der Waals surface area (Å²) >= 11 is 0. The van der Waals surface area contributed by atoms with Gasteiger partial charge in [0.25, 0.3) is 0 Å². The first-order chi connectivity index (χ1) is 6.99. The fourth-order valence-corrected chi connectivity index (χ4v) is 1.65. The van der Waals surface area contributed by atoms with Gasteiger partial charge in [-0.05, 0) is 26.2 Å². The normalized spacial score (nSPS) is 15.1. The number of Topliss-reactive ketones (excluding diaryl/α,β-unsaturated/α-hetero) is 1. The summed E-state index contributed by atoms with van der Waals surface area (Å²) in [6.07, 6.45) is 2.56. The van der Waals surface area contributed by atoms with Crippen molar-refractivity contribution in [3.63, 3.8) is 0 Å². The van der Waals surface area contributed by atoms with Gasteiger partial charge in [-0.15, -0.1) is 0 Å². The van der Waals surface area contributed by atoms with E-state index in [0.717, 1.165) is 19.3 Å². The lowest BCUT2D eigenvalue weighted by atomic mass is 9.90. The van der Waals surface area contributed by atoms with Crippen molar-refractivity contribution >= 4 is 5.78 Å². The fourth-order valence-electron chi connectivity index (χ4n) is 1.65. The molecule has 0 aliphatic heterocycles. The molecule has 88 valence electrons. The van der Waals surface area contributed by atoms with E-state index in [9.17, 15) is 9.90 Å². The molecular weight excluding hydrogens is 188 g/mol. The van der Waals surface area contributed by atoms with Crippen LogP contribution in [0.25, 0.3) is 0 Å². The van der Waals surface area contributed by atoms with Crippen LogP contribution < -0.4 is 0 Å². The molecule has 0 spiro atoms. The largest absolute Gasteiger partial charge is 0.512 e. The average molecular weight is 212 g/mol. The second-order valence-corrected chi connectivity index (χ2v) is 4.20. The number of carbonyl (C=O) groups excluding carboxylic acids is 1. The number of carbonyl (C=O) groups is 1. The van der Waals surface area contributed by atoms with Crippen LogP contribution in [0.15, 0.2) is 11.3 Å². The highest BCUT2D eigenvalue weighted by Crippen LogP contribution is 2.21. The van der Waals surface area contributed by atoms with E-state index in [1.807, 2.05) is 27.7 Å². The molecule has 0 saturated carbocycles. The van der Waals surface area contributed by atoms with Gasteiger partial charge in [0.2, 0.25) is 0 Å². The third-order valence-corrected chi connectivity index (χ3v) is 3.19. The van der Waals surface area contributed by atoms with Crippen molar-refractivity contribution in [2.45, 2.75) is 53.9 Å². The van der Waals surface area contributed by atoms with Crippen molar-refractivity contribution in [1.82, 2.24) is 0 Å². The quantitative estimate of drug-likeness (QED) is 0.536. The van der Waals surface area contributed by atoms with Crippen molar-refractivity contribution < 1.29 is 9.90 Å². The molecule has 0 aromatic carbocycles. The van der Waals surface area contributed by atoms with Gasteiger partial charge in [0.05, 0.1) is 0 Å². The number of ketones is 1. The number of aliphatic hydroxyl groups is 1. The molecule has 0 amide bonds. The smallest absolute Gasteiger partial charge is 0.164 e. The van der Waals surface area contributed by atoms with Gasteiger partial charge < -0.3 is 5.11 Å². The maximum atomic E-state index is 11.9. The lowest BCUT2D eigenvalue weighted by molar-refractivity contribution is -0.119. The second kappa shape index (κ2) is 6.65. The van der Waals surface area contributed by atoms with E-state index in [1.165, 1.54) is 0 Å². The van der Waals surface area contributed by atoms with Crippen LogP contribution >= 0.6 is 0 Å². The van der Waals surface area contributed by atoms with Gasteiger partial charge in [0.15, 0.2) is 5.78 Å². The molecule has 1 atom stereocenters. The molecular formula is C13H24O2.